The van der Waals surface area contributed by atoms with Crippen molar-refractivity contribution in [3.05, 3.63) is 0 Å². The molecule has 0 aliphatic heterocycles. The molecule has 102 valence electrons. The smallest absolute Gasteiger partial charge is 0.372 e. The molecule has 1 N–H and O–H groups in total. The molecule has 0 amide bonds. The molecule has 1 fully saturated rings. The van der Waals surface area contributed by atoms with Gasteiger partial charge in [0.25, 0.3) is 0 Å². The third kappa shape index (κ3) is 7.60. The van der Waals surface area contributed by atoms with Crippen LogP contribution in [0.1, 0.15) is 39.0 Å². The molecule has 5 heteroatoms. The van der Waals surface area contributed by atoms with Gasteiger partial charge in [0, 0.05) is 12.6 Å². The van der Waals surface area contributed by atoms with Crippen molar-refractivity contribution in [2.75, 3.05) is 19.8 Å². The maximum atomic E-state index is 11.8. The molecule has 0 heterocycles. The summed E-state index contributed by atoms with van der Waals surface area (Å²) in [4.78, 5) is 0. The average molecular weight is 253 g/mol. The van der Waals surface area contributed by atoms with E-state index >= 15 is 0 Å². The van der Waals surface area contributed by atoms with Gasteiger partial charge in [-0.1, -0.05) is 6.92 Å². The highest BCUT2D eigenvalue weighted by molar-refractivity contribution is 4.86. The zero-order chi connectivity index (χ0) is 12.7. The summed E-state index contributed by atoms with van der Waals surface area (Å²) in [7, 11) is 0. The Morgan fingerprint density at radius 2 is 2.06 bits per heavy atom. The summed E-state index contributed by atoms with van der Waals surface area (Å²) < 4.78 is 40.0. The number of alkyl halides is 3. The van der Waals surface area contributed by atoms with E-state index in [4.69, 9.17) is 0 Å². The maximum Gasteiger partial charge on any atom is 0.411 e. The van der Waals surface area contributed by atoms with E-state index in [9.17, 15) is 13.2 Å². The molecular weight excluding hydrogens is 231 g/mol. The highest BCUT2D eigenvalue weighted by atomic mass is 19.4. The van der Waals surface area contributed by atoms with E-state index in [1.54, 1.807) is 0 Å². The van der Waals surface area contributed by atoms with E-state index in [2.05, 4.69) is 17.0 Å². The molecule has 1 aliphatic carbocycles. The SMILES string of the molecule is CCCNC(CCCOCC(F)(F)F)C1CC1. The van der Waals surface area contributed by atoms with Crippen molar-refractivity contribution >= 4 is 0 Å². The molecule has 17 heavy (non-hydrogen) atoms. The summed E-state index contributed by atoms with van der Waals surface area (Å²) in [5, 5.41) is 3.46. The number of ether oxygens (including phenoxy) is 1. The van der Waals surface area contributed by atoms with Crippen molar-refractivity contribution in [3.63, 3.8) is 0 Å². The Balaban J connectivity index is 2.02. The Kier molecular flexibility index (Phi) is 6.27. The lowest BCUT2D eigenvalue weighted by Gasteiger charge is -2.17. The molecule has 0 spiro atoms. The molecule has 0 saturated heterocycles. The lowest BCUT2D eigenvalue weighted by atomic mass is 10.1. The van der Waals surface area contributed by atoms with Crippen molar-refractivity contribution in [2.24, 2.45) is 5.92 Å². The first-order chi connectivity index (χ1) is 8.03. The van der Waals surface area contributed by atoms with E-state index in [1.807, 2.05) is 0 Å². The molecule has 0 bridgehead atoms. The lowest BCUT2D eigenvalue weighted by molar-refractivity contribution is -0.174. The fourth-order valence-electron chi connectivity index (χ4n) is 1.93. The van der Waals surface area contributed by atoms with Gasteiger partial charge in [-0.05, 0) is 44.6 Å². The molecule has 0 radical (unpaired) electrons. The summed E-state index contributed by atoms with van der Waals surface area (Å²) in [6.07, 6.45) is 1.02. The molecule has 1 saturated carbocycles. The van der Waals surface area contributed by atoms with Gasteiger partial charge in [-0.25, -0.2) is 0 Å². The Morgan fingerprint density at radius 3 is 2.59 bits per heavy atom. The lowest BCUT2D eigenvalue weighted by Crippen LogP contribution is -2.32. The number of halogens is 3. The van der Waals surface area contributed by atoms with Crippen LogP contribution in [0, 0.1) is 5.92 Å². The van der Waals surface area contributed by atoms with Gasteiger partial charge in [0.1, 0.15) is 6.61 Å². The molecule has 0 aromatic heterocycles. The largest absolute Gasteiger partial charge is 0.411 e. The standard InChI is InChI=1S/C12H22F3NO/c1-2-7-16-11(10-5-6-10)4-3-8-17-9-12(13,14)15/h10-11,16H,2-9H2,1H3. The summed E-state index contributed by atoms with van der Waals surface area (Å²) >= 11 is 0. The number of hydrogen-bond acceptors (Lipinski definition) is 2. The van der Waals surface area contributed by atoms with Gasteiger partial charge >= 0.3 is 6.18 Å². The third-order valence-electron chi connectivity index (χ3n) is 2.92. The van der Waals surface area contributed by atoms with E-state index in [-0.39, 0.29) is 6.61 Å². The van der Waals surface area contributed by atoms with Crippen molar-refractivity contribution in [3.8, 4) is 0 Å². The predicted octanol–water partition coefficient (Wildman–Crippen LogP) is 3.12. The number of hydrogen-bond donors (Lipinski definition) is 1. The van der Waals surface area contributed by atoms with Crippen LogP contribution in [0.5, 0.6) is 0 Å². The first-order valence-electron chi connectivity index (χ1n) is 6.41. The van der Waals surface area contributed by atoms with E-state index in [0.717, 1.165) is 25.3 Å². The molecular formula is C12H22F3NO. The fraction of sp³-hybridized carbons (Fsp3) is 1.00. The Morgan fingerprint density at radius 1 is 1.35 bits per heavy atom. The Hall–Kier alpha value is -0.290. The van der Waals surface area contributed by atoms with Crippen LogP contribution in [0.4, 0.5) is 13.2 Å². The fourth-order valence-corrected chi connectivity index (χ4v) is 1.93. The van der Waals surface area contributed by atoms with E-state index < -0.39 is 12.8 Å². The van der Waals surface area contributed by atoms with Gasteiger partial charge in [-0.15, -0.1) is 0 Å². The zero-order valence-corrected chi connectivity index (χ0v) is 10.4. The molecule has 1 rings (SSSR count). The van der Waals surface area contributed by atoms with Crippen LogP contribution in [0.15, 0.2) is 0 Å². The van der Waals surface area contributed by atoms with Gasteiger partial charge in [-0.2, -0.15) is 13.2 Å². The second-order valence-electron chi connectivity index (χ2n) is 4.71. The maximum absolute atomic E-state index is 11.8. The highest BCUT2D eigenvalue weighted by Gasteiger charge is 2.30. The van der Waals surface area contributed by atoms with Gasteiger partial charge in [0.15, 0.2) is 0 Å². The quantitative estimate of drug-likeness (QED) is 0.637. The average Bonchev–Trinajstić information content (AvgIpc) is 3.04. The third-order valence-corrected chi connectivity index (χ3v) is 2.92. The molecule has 1 unspecified atom stereocenters. The van der Waals surface area contributed by atoms with Gasteiger partial charge in [-0.3, -0.25) is 0 Å². The Labute approximate surface area is 101 Å². The second-order valence-corrected chi connectivity index (χ2v) is 4.71. The van der Waals surface area contributed by atoms with Crippen molar-refractivity contribution in [1.82, 2.24) is 5.32 Å². The second kappa shape index (κ2) is 7.21. The highest BCUT2D eigenvalue weighted by Crippen LogP contribution is 2.34. The molecule has 1 aliphatic rings. The summed E-state index contributed by atoms with van der Waals surface area (Å²) in [5.74, 6) is 0.740. The number of nitrogens with one attached hydrogen (secondary N) is 1. The van der Waals surface area contributed by atoms with Crippen LogP contribution < -0.4 is 5.32 Å². The first kappa shape index (κ1) is 14.8. The van der Waals surface area contributed by atoms with Gasteiger partial charge in [0.05, 0.1) is 0 Å². The minimum Gasteiger partial charge on any atom is -0.372 e. The van der Waals surface area contributed by atoms with Gasteiger partial charge < -0.3 is 10.1 Å². The summed E-state index contributed by atoms with van der Waals surface area (Å²) in [6, 6.07) is 0.476. The van der Waals surface area contributed by atoms with Crippen LogP contribution in [0.25, 0.3) is 0 Å². The predicted molar refractivity (Wildman–Crippen MR) is 60.9 cm³/mol. The van der Waals surface area contributed by atoms with Crippen LogP contribution in [-0.2, 0) is 4.74 Å². The number of rotatable bonds is 9. The minimum atomic E-state index is -4.20. The van der Waals surface area contributed by atoms with Crippen molar-refractivity contribution < 1.29 is 17.9 Å². The monoisotopic (exact) mass is 253 g/mol. The normalized spacial score (nSPS) is 18.4. The van der Waals surface area contributed by atoms with Crippen LogP contribution in [0.3, 0.4) is 0 Å². The minimum absolute atomic E-state index is 0.205. The van der Waals surface area contributed by atoms with Crippen molar-refractivity contribution in [2.45, 2.75) is 51.2 Å². The topological polar surface area (TPSA) is 21.3 Å². The first-order valence-corrected chi connectivity index (χ1v) is 6.41. The van der Waals surface area contributed by atoms with Crippen LogP contribution >= 0.6 is 0 Å². The molecule has 2 nitrogen and oxygen atoms in total. The molecule has 1 atom stereocenters. The van der Waals surface area contributed by atoms with Crippen LogP contribution in [0.2, 0.25) is 0 Å². The summed E-state index contributed by atoms with van der Waals surface area (Å²) in [5.41, 5.74) is 0. The zero-order valence-electron chi connectivity index (χ0n) is 10.4. The van der Waals surface area contributed by atoms with E-state index in [1.165, 1.54) is 12.8 Å². The van der Waals surface area contributed by atoms with E-state index in [0.29, 0.717) is 12.5 Å². The molecule has 0 aromatic carbocycles. The molecule has 0 aromatic rings. The van der Waals surface area contributed by atoms with Gasteiger partial charge in [0.2, 0.25) is 0 Å². The van der Waals surface area contributed by atoms with Crippen LogP contribution in [-0.4, -0.2) is 32.0 Å². The van der Waals surface area contributed by atoms with Crippen molar-refractivity contribution in [1.29, 1.82) is 0 Å². The summed E-state index contributed by atoms with van der Waals surface area (Å²) in [6.45, 7) is 2.19. The Bertz CT molecular complexity index is 204.